The van der Waals surface area contributed by atoms with E-state index in [4.69, 9.17) is 4.74 Å². The zero-order chi connectivity index (χ0) is 15.7. The summed E-state index contributed by atoms with van der Waals surface area (Å²) in [6.07, 6.45) is 0.882. The first kappa shape index (κ1) is 16.3. The van der Waals surface area contributed by atoms with E-state index in [2.05, 4.69) is 23.9 Å². The fourth-order valence-corrected chi connectivity index (χ4v) is 3.73. The summed E-state index contributed by atoms with van der Waals surface area (Å²) in [5.74, 6) is 0.720. The second kappa shape index (κ2) is 5.94. The number of nitrogens with one attached hydrogen (secondary N) is 2. The molecule has 1 aromatic carbocycles. The summed E-state index contributed by atoms with van der Waals surface area (Å²) >= 11 is 0. The Kier molecular flexibility index (Phi) is 4.60. The van der Waals surface area contributed by atoms with Crippen LogP contribution in [0.15, 0.2) is 23.1 Å². The summed E-state index contributed by atoms with van der Waals surface area (Å²) in [4.78, 5) is 0.291. The van der Waals surface area contributed by atoms with Crippen LogP contribution in [0, 0.1) is 5.41 Å². The second-order valence-electron chi connectivity index (χ2n) is 6.10. The number of hydrogen-bond donors (Lipinski definition) is 2. The molecule has 1 aromatic rings. The van der Waals surface area contributed by atoms with Crippen LogP contribution in [-0.4, -0.2) is 28.1 Å². The molecule has 0 saturated heterocycles. The van der Waals surface area contributed by atoms with Gasteiger partial charge in [-0.3, -0.25) is 0 Å². The molecule has 2 N–H and O–H groups in total. The van der Waals surface area contributed by atoms with Gasteiger partial charge in [-0.1, -0.05) is 13.8 Å². The van der Waals surface area contributed by atoms with Crippen LogP contribution in [0.2, 0.25) is 0 Å². The molecular weight excluding hydrogens is 288 g/mol. The third kappa shape index (κ3) is 3.75. The van der Waals surface area contributed by atoms with Crippen molar-refractivity contribution in [2.45, 2.75) is 44.7 Å². The van der Waals surface area contributed by atoms with Crippen LogP contribution in [0.3, 0.4) is 0 Å². The van der Waals surface area contributed by atoms with Gasteiger partial charge < -0.3 is 10.1 Å². The van der Waals surface area contributed by atoms with Crippen LogP contribution in [0.1, 0.15) is 32.8 Å². The molecule has 0 aromatic heterocycles. The molecule has 1 aliphatic carbocycles. The monoisotopic (exact) mass is 312 g/mol. The summed E-state index contributed by atoms with van der Waals surface area (Å²) in [5, 5.41) is 3.03. The smallest absolute Gasteiger partial charge is 0.240 e. The van der Waals surface area contributed by atoms with E-state index in [9.17, 15) is 8.42 Å². The first-order valence-corrected chi connectivity index (χ1v) is 8.71. The fraction of sp³-hybridized carbons (Fsp3) is 0.600. The van der Waals surface area contributed by atoms with Crippen molar-refractivity contribution in [1.29, 1.82) is 0 Å². The standard InChI is InChI=1S/C15H24N2O3S/c1-5-20-13-7-6-12(8-11(13)10-16-4)21(18,19)17-14-9-15(14,2)3/h6-8,14,16-17H,5,9-10H2,1-4H3. The van der Waals surface area contributed by atoms with Crippen LogP contribution in [0.25, 0.3) is 0 Å². The highest BCUT2D eigenvalue weighted by Gasteiger charge is 2.47. The summed E-state index contributed by atoms with van der Waals surface area (Å²) in [6.45, 7) is 7.14. The van der Waals surface area contributed by atoms with Gasteiger partial charge in [-0.15, -0.1) is 0 Å². The molecule has 118 valence electrons. The average molecular weight is 312 g/mol. The maximum atomic E-state index is 12.4. The van der Waals surface area contributed by atoms with Crippen molar-refractivity contribution >= 4 is 10.0 Å². The van der Waals surface area contributed by atoms with Crippen molar-refractivity contribution in [2.75, 3.05) is 13.7 Å². The second-order valence-corrected chi connectivity index (χ2v) is 7.81. The summed E-state index contributed by atoms with van der Waals surface area (Å²) < 4.78 is 33.1. The molecule has 1 fully saturated rings. The van der Waals surface area contributed by atoms with Gasteiger partial charge in [-0.05, 0) is 44.0 Å². The van der Waals surface area contributed by atoms with Crippen LogP contribution >= 0.6 is 0 Å². The lowest BCUT2D eigenvalue weighted by atomic mass is 10.2. The zero-order valence-electron chi connectivity index (χ0n) is 13.1. The lowest BCUT2D eigenvalue weighted by Crippen LogP contribution is -2.28. The van der Waals surface area contributed by atoms with Gasteiger partial charge in [0.1, 0.15) is 5.75 Å². The molecule has 0 radical (unpaired) electrons. The van der Waals surface area contributed by atoms with Gasteiger partial charge >= 0.3 is 0 Å². The lowest BCUT2D eigenvalue weighted by Gasteiger charge is -2.13. The third-order valence-electron chi connectivity index (χ3n) is 3.82. The van der Waals surface area contributed by atoms with Crippen molar-refractivity contribution in [3.63, 3.8) is 0 Å². The van der Waals surface area contributed by atoms with E-state index in [0.717, 1.165) is 17.7 Å². The molecule has 0 amide bonds. The number of rotatable bonds is 7. The van der Waals surface area contributed by atoms with Crippen LogP contribution in [0.5, 0.6) is 5.75 Å². The topological polar surface area (TPSA) is 67.4 Å². The molecular formula is C15H24N2O3S. The summed E-state index contributed by atoms with van der Waals surface area (Å²) in [6, 6.07) is 5.03. The van der Waals surface area contributed by atoms with Crippen molar-refractivity contribution in [3.05, 3.63) is 23.8 Å². The molecule has 0 aliphatic heterocycles. The molecule has 1 unspecified atom stereocenters. The maximum absolute atomic E-state index is 12.4. The molecule has 0 spiro atoms. The Morgan fingerprint density at radius 2 is 2.05 bits per heavy atom. The van der Waals surface area contributed by atoms with E-state index in [1.165, 1.54) is 0 Å². The minimum absolute atomic E-state index is 0.0295. The molecule has 2 rings (SSSR count). The van der Waals surface area contributed by atoms with Crippen LogP contribution < -0.4 is 14.8 Å². The van der Waals surface area contributed by atoms with E-state index in [-0.39, 0.29) is 11.5 Å². The van der Waals surface area contributed by atoms with E-state index < -0.39 is 10.0 Å². The van der Waals surface area contributed by atoms with E-state index in [0.29, 0.717) is 18.0 Å². The maximum Gasteiger partial charge on any atom is 0.240 e. The largest absolute Gasteiger partial charge is 0.494 e. The summed E-state index contributed by atoms with van der Waals surface area (Å²) in [5.41, 5.74) is 0.906. The van der Waals surface area contributed by atoms with Crippen LogP contribution in [0.4, 0.5) is 0 Å². The van der Waals surface area contributed by atoms with Gasteiger partial charge in [0.25, 0.3) is 0 Å². The van der Waals surface area contributed by atoms with Crippen molar-refractivity contribution in [2.24, 2.45) is 5.41 Å². The summed E-state index contributed by atoms with van der Waals surface area (Å²) in [7, 11) is -1.65. The molecule has 5 nitrogen and oxygen atoms in total. The Labute approximate surface area is 127 Å². The Morgan fingerprint density at radius 3 is 2.57 bits per heavy atom. The first-order valence-electron chi connectivity index (χ1n) is 7.23. The molecule has 0 heterocycles. The number of ether oxygens (including phenoxy) is 1. The SMILES string of the molecule is CCOc1ccc(S(=O)(=O)NC2CC2(C)C)cc1CNC. The van der Waals surface area contributed by atoms with Gasteiger partial charge in [0.05, 0.1) is 11.5 Å². The molecule has 1 saturated carbocycles. The number of benzene rings is 1. The zero-order valence-corrected chi connectivity index (χ0v) is 13.9. The van der Waals surface area contributed by atoms with Gasteiger partial charge in [0.15, 0.2) is 0 Å². The highest BCUT2D eigenvalue weighted by atomic mass is 32.2. The predicted molar refractivity (Wildman–Crippen MR) is 82.9 cm³/mol. The van der Waals surface area contributed by atoms with Crippen molar-refractivity contribution < 1.29 is 13.2 Å². The molecule has 21 heavy (non-hydrogen) atoms. The van der Waals surface area contributed by atoms with Crippen molar-refractivity contribution in [1.82, 2.24) is 10.0 Å². The van der Waals surface area contributed by atoms with E-state index in [1.54, 1.807) is 18.2 Å². The minimum atomic E-state index is -3.47. The average Bonchev–Trinajstić information content (AvgIpc) is 2.98. The number of hydrogen-bond acceptors (Lipinski definition) is 4. The molecule has 0 bridgehead atoms. The lowest BCUT2D eigenvalue weighted by molar-refractivity contribution is 0.335. The minimum Gasteiger partial charge on any atom is -0.494 e. The first-order chi connectivity index (χ1) is 9.80. The Bertz CT molecular complexity index is 611. The predicted octanol–water partition coefficient (Wildman–Crippen LogP) is 1.88. The normalized spacial score (nSPS) is 20.3. The Morgan fingerprint density at radius 1 is 1.38 bits per heavy atom. The third-order valence-corrected chi connectivity index (χ3v) is 5.29. The van der Waals surface area contributed by atoms with E-state index >= 15 is 0 Å². The Hall–Kier alpha value is -1.11. The molecule has 1 atom stereocenters. The number of sulfonamides is 1. The van der Waals surface area contributed by atoms with Gasteiger partial charge in [-0.2, -0.15) is 0 Å². The highest BCUT2D eigenvalue weighted by Crippen LogP contribution is 2.45. The quantitative estimate of drug-likeness (QED) is 0.807. The molecule has 1 aliphatic rings. The van der Waals surface area contributed by atoms with Crippen molar-refractivity contribution in [3.8, 4) is 5.75 Å². The van der Waals surface area contributed by atoms with Gasteiger partial charge in [0, 0.05) is 18.2 Å². The van der Waals surface area contributed by atoms with E-state index in [1.807, 2.05) is 14.0 Å². The van der Waals surface area contributed by atoms with Gasteiger partial charge in [-0.25, -0.2) is 13.1 Å². The molecule has 6 heteroatoms. The van der Waals surface area contributed by atoms with Crippen LogP contribution in [-0.2, 0) is 16.6 Å². The van der Waals surface area contributed by atoms with Gasteiger partial charge in [0.2, 0.25) is 10.0 Å². The Balaban J connectivity index is 2.24. The fourth-order valence-electron chi connectivity index (χ4n) is 2.27. The highest BCUT2D eigenvalue weighted by molar-refractivity contribution is 7.89.